The molecule has 1 aromatic heterocycles. The lowest BCUT2D eigenvalue weighted by molar-refractivity contribution is -0.117. The average Bonchev–Trinajstić information content (AvgIpc) is 3.34. The van der Waals surface area contributed by atoms with E-state index < -0.39 is 35.1 Å². The first-order chi connectivity index (χ1) is 16.2. The number of Topliss-reactive ketones (excluding diaryl/α,β-unsaturated/α-hetero) is 1. The molecule has 1 aliphatic rings. The molecule has 9 heteroatoms. The monoisotopic (exact) mass is 525 g/mol. The largest absolute Gasteiger partial charge is 0.508 e. The maximum Gasteiger partial charge on any atom is 0.294 e. The van der Waals surface area contributed by atoms with Crippen molar-refractivity contribution in [3.63, 3.8) is 0 Å². The number of phenolic OH excluding ortho intramolecular Hbond substituents is 1. The zero-order chi connectivity index (χ0) is 24.1. The van der Waals surface area contributed by atoms with Crippen molar-refractivity contribution in [1.82, 2.24) is 0 Å². The third-order valence-corrected chi connectivity index (χ3v) is 6.04. The molecule has 1 unspecified atom stereocenters. The van der Waals surface area contributed by atoms with Gasteiger partial charge in [-0.25, -0.2) is 8.78 Å². The number of hydrogen-bond donors (Lipinski definition) is 2. The highest BCUT2D eigenvalue weighted by molar-refractivity contribution is 9.10. The summed E-state index contributed by atoms with van der Waals surface area (Å²) < 4.78 is 34.0. The van der Waals surface area contributed by atoms with Gasteiger partial charge in [0, 0.05) is 21.6 Å². The Morgan fingerprint density at radius 1 is 0.941 bits per heavy atom. The van der Waals surface area contributed by atoms with Gasteiger partial charge in [-0.15, -0.1) is 0 Å². The number of carbonyl (C=O) groups excluding carboxylic acids is 2. The van der Waals surface area contributed by atoms with Crippen LogP contribution in [0.15, 0.2) is 87.0 Å². The molecule has 0 fully saturated rings. The number of aliphatic hydroxyl groups excluding tert-OH is 1. The minimum absolute atomic E-state index is 0.0589. The highest BCUT2D eigenvalue weighted by Gasteiger charge is 2.45. The summed E-state index contributed by atoms with van der Waals surface area (Å²) in [5.41, 5.74) is 0.417. The number of nitrogens with zero attached hydrogens (tertiary/aromatic N) is 1. The normalized spacial score (nSPS) is 16.0. The number of halogens is 3. The molecule has 0 radical (unpaired) electrons. The quantitative estimate of drug-likeness (QED) is 0.320. The molecule has 0 saturated carbocycles. The minimum atomic E-state index is -1.20. The van der Waals surface area contributed by atoms with Crippen molar-refractivity contribution in [2.75, 3.05) is 4.90 Å². The predicted octanol–water partition coefficient (Wildman–Crippen LogP) is 5.96. The molecule has 34 heavy (non-hydrogen) atoms. The standard InChI is InChI=1S/C25H14BrF2NO5/c26-14-3-8-19-13(9-14)10-20(34-19)23(31)21-22(12-1-5-16(30)6-2-12)29(25(33)24(21)32)15-4-7-17(27)18(28)11-15/h1-11,22,30,32H. The van der Waals surface area contributed by atoms with Crippen LogP contribution < -0.4 is 4.90 Å². The molecule has 0 saturated heterocycles. The number of anilines is 1. The molecule has 0 bridgehead atoms. The number of benzene rings is 3. The molecule has 3 aromatic carbocycles. The van der Waals surface area contributed by atoms with Crippen LogP contribution in [0, 0.1) is 11.6 Å². The van der Waals surface area contributed by atoms with Crippen molar-refractivity contribution in [2.24, 2.45) is 0 Å². The van der Waals surface area contributed by atoms with Gasteiger partial charge < -0.3 is 14.6 Å². The molecular weight excluding hydrogens is 512 g/mol. The van der Waals surface area contributed by atoms with Crippen LogP contribution in [0.1, 0.15) is 22.2 Å². The zero-order valence-corrected chi connectivity index (χ0v) is 18.7. The van der Waals surface area contributed by atoms with Crippen molar-refractivity contribution in [3.8, 4) is 5.75 Å². The summed E-state index contributed by atoms with van der Waals surface area (Å²) in [7, 11) is 0. The van der Waals surface area contributed by atoms with Crippen LogP contribution in [0.25, 0.3) is 11.0 Å². The molecule has 5 rings (SSSR count). The van der Waals surface area contributed by atoms with Gasteiger partial charge in [-0.1, -0.05) is 28.1 Å². The maximum atomic E-state index is 14.0. The number of hydrogen-bond acceptors (Lipinski definition) is 5. The van der Waals surface area contributed by atoms with E-state index >= 15 is 0 Å². The fourth-order valence-electron chi connectivity index (χ4n) is 3.97. The van der Waals surface area contributed by atoms with E-state index in [0.717, 1.165) is 21.5 Å². The lowest BCUT2D eigenvalue weighted by atomic mass is 9.94. The van der Waals surface area contributed by atoms with Crippen molar-refractivity contribution in [1.29, 1.82) is 0 Å². The summed E-state index contributed by atoms with van der Waals surface area (Å²) in [5.74, 6) is -5.04. The molecule has 0 aliphatic carbocycles. The van der Waals surface area contributed by atoms with Gasteiger partial charge in [0.2, 0.25) is 5.78 Å². The number of amides is 1. The molecule has 4 aromatic rings. The van der Waals surface area contributed by atoms with Crippen molar-refractivity contribution in [2.45, 2.75) is 6.04 Å². The lowest BCUT2D eigenvalue weighted by Crippen LogP contribution is -2.31. The van der Waals surface area contributed by atoms with Crippen molar-refractivity contribution in [3.05, 3.63) is 105 Å². The molecule has 1 atom stereocenters. The lowest BCUT2D eigenvalue weighted by Gasteiger charge is -2.26. The Balaban J connectivity index is 1.66. The molecule has 1 amide bonds. The van der Waals surface area contributed by atoms with Gasteiger partial charge >= 0.3 is 0 Å². The van der Waals surface area contributed by atoms with E-state index in [1.807, 2.05) is 0 Å². The first kappa shape index (κ1) is 21.8. The van der Waals surface area contributed by atoms with Crippen molar-refractivity contribution < 1.29 is 33.0 Å². The summed E-state index contributed by atoms with van der Waals surface area (Å²) in [5, 5.41) is 21.1. The Hall–Kier alpha value is -3.98. The number of phenols is 1. The third kappa shape index (κ3) is 3.54. The van der Waals surface area contributed by atoms with E-state index in [1.54, 1.807) is 18.2 Å². The number of carbonyl (C=O) groups is 2. The molecule has 2 N–H and O–H groups in total. The Bertz CT molecular complexity index is 1510. The fourth-order valence-corrected chi connectivity index (χ4v) is 4.35. The van der Waals surface area contributed by atoms with Gasteiger partial charge in [0.15, 0.2) is 23.2 Å². The second-order valence-electron chi connectivity index (χ2n) is 7.65. The Kier molecular flexibility index (Phi) is 5.21. The minimum Gasteiger partial charge on any atom is -0.508 e. The Labute approximate surface area is 199 Å². The van der Waals surface area contributed by atoms with Gasteiger partial charge in [0.25, 0.3) is 5.91 Å². The molecular formula is C25H14BrF2NO5. The van der Waals surface area contributed by atoms with Crippen LogP contribution in [0.4, 0.5) is 14.5 Å². The first-order valence-electron chi connectivity index (χ1n) is 9.99. The summed E-state index contributed by atoms with van der Waals surface area (Å²) in [6.45, 7) is 0. The fraction of sp³-hybridized carbons (Fsp3) is 0.0400. The number of rotatable bonds is 4. The molecule has 6 nitrogen and oxygen atoms in total. The number of aromatic hydroxyl groups is 1. The number of fused-ring (bicyclic) bond motifs is 1. The summed E-state index contributed by atoms with van der Waals surface area (Å²) in [4.78, 5) is 27.6. The Morgan fingerprint density at radius 2 is 1.68 bits per heavy atom. The number of aliphatic hydroxyl groups is 1. The first-order valence-corrected chi connectivity index (χ1v) is 10.8. The van der Waals surface area contributed by atoms with Crippen LogP contribution in [-0.2, 0) is 4.79 Å². The predicted molar refractivity (Wildman–Crippen MR) is 123 cm³/mol. The average molecular weight is 526 g/mol. The van der Waals surface area contributed by atoms with Crippen LogP contribution in [-0.4, -0.2) is 21.9 Å². The van der Waals surface area contributed by atoms with E-state index in [1.165, 1.54) is 36.4 Å². The number of furan rings is 1. The second-order valence-corrected chi connectivity index (χ2v) is 8.57. The summed E-state index contributed by atoms with van der Waals surface area (Å²) in [6, 6.07) is 13.9. The van der Waals surface area contributed by atoms with Crippen LogP contribution in [0.2, 0.25) is 0 Å². The third-order valence-electron chi connectivity index (χ3n) is 5.55. The van der Waals surface area contributed by atoms with E-state index in [2.05, 4.69) is 15.9 Å². The van der Waals surface area contributed by atoms with Crippen LogP contribution >= 0.6 is 15.9 Å². The molecule has 1 aliphatic heterocycles. The van der Waals surface area contributed by atoms with Crippen LogP contribution in [0.5, 0.6) is 5.75 Å². The highest BCUT2D eigenvalue weighted by atomic mass is 79.9. The topological polar surface area (TPSA) is 91.0 Å². The van der Waals surface area contributed by atoms with E-state index in [4.69, 9.17) is 4.42 Å². The van der Waals surface area contributed by atoms with Crippen LogP contribution in [0.3, 0.4) is 0 Å². The van der Waals surface area contributed by atoms with E-state index in [-0.39, 0.29) is 22.8 Å². The molecule has 2 heterocycles. The van der Waals surface area contributed by atoms with Gasteiger partial charge in [0.1, 0.15) is 11.3 Å². The summed E-state index contributed by atoms with van der Waals surface area (Å²) in [6.07, 6.45) is 0. The molecule has 0 spiro atoms. The van der Waals surface area contributed by atoms with E-state index in [9.17, 15) is 28.6 Å². The highest BCUT2D eigenvalue weighted by Crippen LogP contribution is 2.43. The van der Waals surface area contributed by atoms with E-state index in [0.29, 0.717) is 16.5 Å². The zero-order valence-electron chi connectivity index (χ0n) is 17.1. The maximum absolute atomic E-state index is 14.0. The van der Waals surface area contributed by atoms with Gasteiger partial charge in [-0.2, -0.15) is 0 Å². The molecule has 170 valence electrons. The Morgan fingerprint density at radius 3 is 2.38 bits per heavy atom. The van der Waals surface area contributed by atoms with Crippen molar-refractivity contribution >= 4 is 44.3 Å². The van der Waals surface area contributed by atoms with Gasteiger partial charge in [0.05, 0.1) is 11.6 Å². The van der Waals surface area contributed by atoms with Gasteiger partial charge in [-0.3, -0.25) is 14.5 Å². The summed E-state index contributed by atoms with van der Waals surface area (Å²) >= 11 is 3.35. The SMILES string of the molecule is O=C(C1=C(O)C(=O)N(c2ccc(F)c(F)c2)C1c1ccc(O)cc1)c1cc2cc(Br)ccc2o1. The number of ketones is 1. The second kappa shape index (κ2) is 8.11. The smallest absolute Gasteiger partial charge is 0.294 e. The van der Waals surface area contributed by atoms with Gasteiger partial charge in [-0.05, 0) is 54.1 Å².